The topological polar surface area (TPSA) is 81.4 Å². The van der Waals surface area contributed by atoms with Crippen molar-refractivity contribution in [2.24, 2.45) is 0 Å². The number of nitrogens with one attached hydrogen (secondary N) is 1. The van der Waals surface area contributed by atoms with Gasteiger partial charge in [-0.25, -0.2) is 9.78 Å². The Morgan fingerprint density at radius 1 is 0.875 bits per heavy atom. The van der Waals surface area contributed by atoms with Crippen LogP contribution in [0.15, 0.2) is 102 Å². The highest BCUT2D eigenvalue weighted by Crippen LogP contribution is 2.18. The van der Waals surface area contributed by atoms with Crippen molar-refractivity contribution in [3.8, 4) is 11.5 Å². The molecule has 0 aliphatic heterocycles. The number of aromatic nitrogens is 1. The lowest BCUT2D eigenvalue weighted by atomic mass is 10.1. The van der Waals surface area contributed by atoms with Crippen molar-refractivity contribution in [1.29, 1.82) is 0 Å². The number of carbonyl (C=O) groups excluding carboxylic acids is 2. The van der Waals surface area contributed by atoms with Gasteiger partial charge in [0, 0.05) is 17.5 Å². The molecule has 1 atom stereocenters. The standard InChI is InChI=1S/C26H22N2O4/c29-24(20-12-6-2-7-13-20)28-23(16-19-10-4-1-5-11-19)26(30)32-18-22-17-31-25(27-22)21-14-8-3-9-15-21/h1-15,17,23H,16,18H2,(H,28,29). The number of benzene rings is 3. The number of hydrogen-bond acceptors (Lipinski definition) is 5. The number of hydrogen-bond donors (Lipinski definition) is 1. The van der Waals surface area contributed by atoms with Gasteiger partial charge in [-0.2, -0.15) is 0 Å². The zero-order chi connectivity index (χ0) is 22.2. The van der Waals surface area contributed by atoms with Gasteiger partial charge in [-0.05, 0) is 29.8 Å². The summed E-state index contributed by atoms with van der Waals surface area (Å²) >= 11 is 0. The SMILES string of the molecule is O=C(NC(Cc1ccccc1)C(=O)OCc1coc(-c2ccccc2)n1)c1ccccc1. The molecule has 0 spiro atoms. The first-order chi connectivity index (χ1) is 15.7. The molecule has 1 N–H and O–H groups in total. The number of oxazole rings is 1. The van der Waals surface area contributed by atoms with Crippen molar-refractivity contribution in [3.63, 3.8) is 0 Å². The van der Waals surface area contributed by atoms with Gasteiger partial charge in [-0.15, -0.1) is 0 Å². The van der Waals surface area contributed by atoms with E-state index in [4.69, 9.17) is 9.15 Å². The molecule has 0 bridgehead atoms. The van der Waals surface area contributed by atoms with Gasteiger partial charge in [0.25, 0.3) is 5.91 Å². The third-order valence-corrected chi connectivity index (χ3v) is 4.84. The molecule has 1 amide bonds. The van der Waals surface area contributed by atoms with E-state index in [1.807, 2.05) is 66.7 Å². The van der Waals surface area contributed by atoms with E-state index in [0.717, 1.165) is 11.1 Å². The van der Waals surface area contributed by atoms with Gasteiger partial charge in [0.2, 0.25) is 5.89 Å². The normalized spacial score (nSPS) is 11.5. The summed E-state index contributed by atoms with van der Waals surface area (Å²) in [5.41, 5.74) is 2.71. The minimum Gasteiger partial charge on any atom is -0.458 e. The Bertz CT molecular complexity index is 1160. The molecule has 4 aromatic rings. The highest BCUT2D eigenvalue weighted by Gasteiger charge is 2.24. The van der Waals surface area contributed by atoms with Crippen molar-refractivity contribution < 1.29 is 18.7 Å². The van der Waals surface area contributed by atoms with Crippen molar-refractivity contribution in [3.05, 3.63) is 114 Å². The number of amides is 1. The fourth-order valence-corrected chi connectivity index (χ4v) is 3.21. The lowest BCUT2D eigenvalue weighted by molar-refractivity contribution is -0.147. The Kier molecular flexibility index (Phi) is 6.72. The van der Waals surface area contributed by atoms with Crippen LogP contribution in [-0.2, 0) is 22.6 Å². The third kappa shape index (κ3) is 5.49. The third-order valence-electron chi connectivity index (χ3n) is 4.84. The largest absolute Gasteiger partial charge is 0.458 e. The van der Waals surface area contributed by atoms with E-state index in [9.17, 15) is 9.59 Å². The predicted octanol–water partition coefficient (Wildman–Crippen LogP) is 4.43. The Hall–Kier alpha value is -4.19. The van der Waals surface area contributed by atoms with E-state index < -0.39 is 12.0 Å². The van der Waals surface area contributed by atoms with Gasteiger partial charge in [0.1, 0.15) is 24.6 Å². The van der Waals surface area contributed by atoms with Gasteiger partial charge < -0.3 is 14.5 Å². The van der Waals surface area contributed by atoms with Crippen LogP contribution in [0.4, 0.5) is 0 Å². The van der Waals surface area contributed by atoms with E-state index >= 15 is 0 Å². The molecule has 0 saturated carbocycles. The molecule has 0 saturated heterocycles. The first-order valence-corrected chi connectivity index (χ1v) is 10.3. The first-order valence-electron chi connectivity index (χ1n) is 10.3. The monoisotopic (exact) mass is 426 g/mol. The molecule has 4 rings (SSSR count). The molecular formula is C26H22N2O4. The molecule has 0 aliphatic rings. The maximum absolute atomic E-state index is 12.9. The van der Waals surface area contributed by atoms with Crippen LogP contribution < -0.4 is 5.32 Å². The van der Waals surface area contributed by atoms with Gasteiger partial charge in [0.05, 0.1) is 0 Å². The smallest absolute Gasteiger partial charge is 0.329 e. The van der Waals surface area contributed by atoms with Crippen LogP contribution in [0.2, 0.25) is 0 Å². The van der Waals surface area contributed by atoms with Crippen LogP contribution in [0.3, 0.4) is 0 Å². The minimum absolute atomic E-state index is 0.0539. The first kappa shape index (κ1) is 21.1. The molecule has 0 fully saturated rings. The summed E-state index contributed by atoms with van der Waals surface area (Å²) in [6.07, 6.45) is 1.77. The van der Waals surface area contributed by atoms with Crippen LogP contribution in [0, 0.1) is 0 Å². The molecule has 1 aromatic heterocycles. The van der Waals surface area contributed by atoms with E-state index in [1.54, 1.807) is 24.3 Å². The van der Waals surface area contributed by atoms with Crippen molar-refractivity contribution in [2.75, 3.05) is 0 Å². The summed E-state index contributed by atoms with van der Waals surface area (Å²) in [7, 11) is 0. The average Bonchev–Trinajstić information content (AvgIpc) is 3.33. The molecule has 0 radical (unpaired) electrons. The number of nitrogens with zero attached hydrogens (tertiary/aromatic N) is 1. The zero-order valence-corrected chi connectivity index (χ0v) is 17.3. The molecule has 1 unspecified atom stereocenters. The van der Waals surface area contributed by atoms with Gasteiger partial charge >= 0.3 is 5.97 Å². The van der Waals surface area contributed by atoms with Gasteiger partial charge in [0.15, 0.2) is 0 Å². The predicted molar refractivity (Wildman–Crippen MR) is 120 cm³/mol. The van der Waals surface area contributed by atoms with Crippen molar-refractivity contribution in [2.45, 2.75) is 19.1 Å². The summed E-state index contributed by atoms with van der Waals surface area (Å²) in [5.74, 6) is -0.423. The molecule has 160 valence electrons. The number of esters is 1. The average molecular weight is 426 g/mol. The van der Waals surface area contributed by atoms with Crippen LogP contribution in [0.25, 0.3) is 11.5 Å². The fourth-order valence-electron chi connectivity index (χ4n) is 3.21. The van der Waals surface area contributed by atoms with Gasteiger partial charge in [-0.1, -0.05) is 66.7 Å². The molecule has 1 heterocycles. The summed E-state index contributed by atoms with van der Waals surface area (Å²) < 4.78 is 11.0. The molecule has 32 heavy (non-hydrogen) atoms. The lowest BCUT2D eigenvalue weighted by Gasteiger charge is -2.17. The minimum atomic E-state index is -0.842. The number of rotatable bonds is 8. The van der Waals surface area contributed by atoms with Crippen LogP contribution in [0.1, 0.15) is 21.6 Å². The van der Waals surface area contributed by atoms with E-state index in [-0.39, 0.29) is 12.5 Å². The van der Waals surface area contributed by atoms with Crippen molar-refractivity contribution in [1.82, 2.24) is 10.3 Å². The zero-order valence-electron chi connectivity index (χ0n) is 17.3. The van der Waals surface area contributed by atoms with Crippen LogP contribution in [0.5, 0.6) is 0 Å². The van der Waals surface area contributed by atoms with E-state index in [2.05, 4.69) is 10.3 Å². The highest BCUT2D eigenvalue weighted by molar-refractivity contribution is 5.96. The lowest BCUT2D eigenvalue weighted by Crippen LogP contribution is -2.43. The molecule has 6 heteroatoms. The summed E-state index contributed by atoms with van der Waals surface area (Å²) in [5, 5.41) is 2.79. The summed E-state index contributed by atoms with van der Waals surface area (Å²) in [6, 6.07) is 26.9. The maximum atomic E-state index is 12.9. The fraction of sp³-hybridized carbons (Fsp3) is 0.115. The number of carbonyl (C=O) groups is 2. The van der Waals surface area contributed by atoms with E-state index in [0.29, 0.717) is 23.6 Å². The Morgan fingerprint density at radius 3 is 2.19 bits per heavy atom. The quantitative estimate of drug-likeness (QED) is 0.422. The van der Waals surface area contributed by atoms with Crippen LogP contribution >= 0.6 is 0 Å². The Labute approximate surface area is 185 Å². The van der Waals surface area contributed by atoms with Gasteiger partial charge in [-0.3, -0.25) is 4.79 Å². The summed E-state index contributed by atoms with van der Waals surface area (Å²) in [4.78, 5) is 29.9. The van der Waals surface area contributed by atoms with E-state index in [1.165, 1.54) is 6.26 Å². The second-order valence-corrected chi connectivity index (χ2v) is 7.20. The second-order valence-electron chi connectivity index (χ2n) is 7.20. The maximum Gasteiger partial charge on any atom is 0.329 e. The molecule has 6 nitrogen and oxygen atoms in total. The molecular weight excluding hydrogens is 404 g/mol. The van der Waals surface area contributed by atoms with Crippen molar-refractivity contribution >= 4 is 11.9 Å². The molecule has 3 aromatic carbocycles. The number of ether oxygens (including phenoxy) is 1. The van der Waals surface area contributed by atoms with Crippen LogP contribution in [-0.4, -0.2) is 22.9 Å². The highest BCUT2D eigenvalue weighted by atomic mass is 16.5. The Balaban J connectivity index is 1.43. The second kappa shape index (κ2) is 10.2. The summed E-state index contributed by atoms with van der Waals surface area (Å²) in [6.45, 7) is -0.0539. The Morgan fingerprint density at radius 2 is 1.50 bits per heavy atom. The molecule has 0 aliphatic carbocycles.